The van der Waals surface area contributed by atoms with Gasteiger partial charge >= 0.3 is 0 Å². The van der Waals surface area contributed by atoms with Crippen molar-refractivity contribution in [2.75, 3.05) is 13.2 Å². The molecule has 0 bridgehead atoms. The molecule has 112 valence electrons. The molecule has 0 unspecified atom stereocenters. The minimum Gasteiger partial charge on any atom is -0.459 e. The number of carbonyl (C=O) groups is 1. The van der Waals surface area contributed by atoms with Crippen molar-refractivity contribution in [3.8, 4) is 0 Å². The molecule has 0 spiro atoms. The van der Waals surface area contributed by atoms with Gasteiger partial charge in [-0.1, -0.05) is 20.8 Å². The van der Waals surface area contributed by atoms with E-state index in [0.29, 0.717) is 11.7 Å². The van der Waals surface area contributed by atoms with E-state index < -0.39 is 0 Å². The van der Waals surface area contributed by atoms with Gasteiger partial charge in [0.25, 0.3) is 5.91 Å². The molecule has 1 aliphatic heterocycles. The highest BCUT2D eigenvalue weighted by Gasteiger charge is 2.26. The Balaban J connectivity index is 2.03. The fourth-order valence-electron chi connectivity index (χ4n) is 2.86. The molecule has 1 atom stereocenters. The molecule has 1 aliphatic rings. The van der Waals surface area contributed by atoms with Gasteiger partial charge in [0.1, 0.15) is 0 Å². The van der Waals surface area contributed by atoms with Gasteiger partial charge in [0.05, 0.1) is 6.26 Å². The summed E-state index contributed by atoms with van der Waals surface area (Å²) in [5, 5.41) is 3.15. The van der Waals surface area contributed by atoms with E-state index in [1.54, 1.807) is 6.26 Å². The quantitative estimate of drug-likeness (QED) is 0.899. The van der Waals surface area contributed by atoms with Gasteiger partial charge < -0.3 is 14.5 Å². The Morgan fingerprint density at radius 3 is 2.70 bits per heavy atom. The minimum absolute atomic E-state index is 0.0861. The molecule has 1 amide bonds. The average Bonchev–Trinajstić information content (AvgIpc) is 2.95. The van der Waals surface area contributed by atoms with Gasteiger partial charge in [0.2, 0.25) is 0 Å². The maximum absolute atomic E-state index is 12.4. The summed E-state index contributed by atoms with van der Waals surface area (Å²) in [4.78, 5) is 12.4. The zero-order valence-corrected chi connectivity index (χ0v) is 12.6. The number of amides is 1. The summed E-state index contributed by atoms with van der Waals surface area (Å²) in [6, 6.07) is 2.09. The van der Waals surface area contributed by atoms with E-state index in [4.69, 9.17) is 9.15 Å². The number of furan rings is 1. The SMILES string of the molecule is CC[C@@H](NC(=O)c1occc1C(C)C)C1CCOCC1. The number of ether oxygens (including phenoxy) is 1. The minimum atomic E-state index is -0.0861. The van der Waals surface area contributed by atoms with Crippen LogP contribution in [-0.2, 0) is 4.74 Å². The summed E-state index contributed by atoms with van der Waals surface area (Å²) in [6.07, 6.45) is 4.58. The van der Waals surface area contributed by atoms with Crippen molar-refractivity contribution >= 4 is 5.91 Å². The normalized spacial score (nSPS) is 18.2. The third-order valence-electron chi connectivity index (χ3n) is 4.12. The van der Waals surface area contributed by atoms with E-state index in [1.165, 1.54) is 0 Å². The first-order chi connectivity index (χ1) is 9.63. The van der Waals surface area contributed by atoms with Crippen LogP contribution in [-0.4, -0.2) is 25.2 Å². The van der Waals surface area contributed by atoms with Crippen LogP contribution in [0.1, 0.15) is 62.1 Å². The maximum atomic E-state index is 12.4. The van der Waals surface area contributed by atoms with E-state index in [9.17, 15) is 4.79 Å². The molecular weight excluding hydrogens is 254 g/mol. The smallest absolute Gasteiger partial charge is 0.287 e. The molecule has 1 N–H and O–H groups in total. The summed E-state index contributed by atoms with van der Waals surface area (Å²) in [5.74, 6) is 1.18. The molecule has 0 saturated carbocycles. The third kappa shape index (κ3) is 3.42. The van der Waals surface area contributed by atoms with Gasteiger partial charge in [-0.2, -0.15) is 0 Å². The molecule has 20 heavy (non-hydrogen) atoms. The van der Waals surface area contributed by atoms with E-state index >= 15 is 0 Å². The first-order valence-corrected chi connectivity index (χ1v) is 7.59. The predicted molar refractivity (Wildman–Crippen MR) is 77.9 cm³/mol. The molecule has 2 heterocycles. The molecule has 1 aromatic rings. The Bertz CT molecular complexity index is 433. The molecular formula is C16H25NO3. The van der Waals surface area contributed by atoms with Gasteiger partial charge in [-0.15, -0.1) is 0 Å². The van der Waals surface area contributed by atoms with Gasteiger partial charge in [-0.3, -0.25) is 4.79 Å². The standard InChI is InChI=1S/C16H25NO3/c1-4-14(12-5-8-19-9-6-12)17-16(18)15-13(11(2)3)7-10-20-15/h7,10-12,14H,4-6,8-9H2,1-3H3,(H,17,18)/t14-/m1/s1. The summed E-state index contributed by atoms with van der Waals surface area (Å²) in [6.45, 7) is 7.85. The monoisotopic (exact) mass is 279 g/mol. The van der Waals surface area contributed by atoms with Crippen LogP contribution in [0.3, 0.4) is 0 Å². The Morgan fingerprint density at radius 2 is 2.10 bits per heavy atom. The number of hydrogen-bond donors (Lipinski definition) is 1. The topological polar surface area (TPSA) is 51.5 Å². The number of nitrogens with one attached hydrogen (secondary N) is 1. The molecule has 0 radical (unpaired) electrons. The molecule has 1 aromatic heterocycles. The van der Waals surface area contributed by atoms with Crippen LogP contribution in [0.25, 0.3) is 0 Å². The Labute approximate surface area is 120 Å². The molecule has 0 aliphatic carbocycles. The summed E-state index contributed by atoms with van der Waals surface area (Å²) >= 11 is 0. The maximum Gasteiger partial charge on any atom is 0.287 e. The molecule has 4 nitrogen and oxygen atoms in total. The predicted octanol–water partition coefficient (Wildman–Crippen LogP) is 3.34. The highest BCUT2D eigenvalue weighted by molar-refractivity contribution is 5.93. The van der Waals surface area contributed by atoms with Crippen molar-refractivity contribution < 1.29 is 13.9 Å². The van der Waals surface area contributed by atoms with E-state index in [0.717, 1.165) is 38.0 Å². The Kier molecular flexibility index (Phi) is 5.24. The fraction of sp³-hybridized carbons (Fsp3) is 0.688. The van der Waals surface area contributed by atoms with Crippen LogP contribution >= 0.6 is 0 Å². The van der Waals surface area contributed by atoms with Crippen molar-refractivity contribution in [1.82, 2.24) is 5.32 Å². The summed E-state index contributed by atoms with van der Waals surface area (Å²) in [5.41, 5.74) is 0.976. The van der Waals surface area contributed by atoms with Crippen LogP contribution in [0.4, 0.5) is 0 Å². The van der Waals surface area contributed by atoms with Gasteiger partial charge in [-0.25, -0.2) is 0 Å². The van der Waals surface area contributed by atoms with Crippen LogP contribution in [0, 0.1) is 5.92 Å². The second-order valence-electron chi connectivity index (χ2n) is 5.80. The fourth-order valence-corrected chi connectivity index (χ4v) is 2.86. The largest absolute Gasteiger partial charge is 0.459 e. The van der Waals surface area contributed by atoms with Crippen molar-refractivity contribution in [2.45, 2.75) is 52.0 Å². The molecule has 0 aromatic carbocycles. The van der Waals surface area contributed by atoms with Crippen molar-refractivity contribution in [1.29, 1.82) is 0 Å². The lowest BCUT2D eigenvalue weighted by Crippen LogP contribution is -2.42. The van der Waals surface area contributed by atoms with E-state index in [2.05, 4.69) is 26.1 Å². The first-order valence-electron chi connectivity index (χ1n) is 7.59. The Morgan fingerprint density at radius 1 is 1.40 bits per heavy atom. The molecule has 2 rings (SSSR count). The molecule has 1 saturated heterocycles. The van der Waals surface area contributed by atoms with Gasteiger partial charge in [0, 0.05) is 24.8 Å². The second-order valence-corrected chi connectivity index (χ2v) is 5.80. The summed E-state index contributed by atoms with van der Waals surface area (Å²) < 4.78 is 10.8. The van der Waals surface area contributed by atoms with E-state index in [-0.39, 0.29) is 17.9 Å². The molecule has 4 heteroatoms. The van der Waals surface area contributed by atoms with Crippen molar-refractivity contribution in [3.05, 3.63) is 23.7 Å². The zero-order chi connectivity index (χ0) is 14.5. The Hall–Kier alpha value is -1.29. The molecule has 1 fully saturated rings. The third-order valence-corrected chi connectivity index (χ3v) is 4.12. The summed E-state index contributed by atoms with van der Waals surface area (Å²) in [7, 11) is 0. The second kappa shape index (κ2) is 6.93. The number of carbonyl (C=O) groups excluding carboxylic acids is 1. The first kappa shape index (κ1) is 15.1. The van der Waals surface area contributed by atoms with Crippen LogP contribution in [0.5, 0.6) is 0 Å². The number of rotatable bonds is 5. The van der Waals surface area contributed by atoms with Gasteiger partial charge in [-0.05, 0) is 37.2 Å². The lowest BCUT2D eigenvalue weighted by Gasteiger charge is -2.30. The highest BCUT2D eigenvalue weighted by atomic mass is 16.5. The van der Waals surface area contributed by atoms with Gasteiger partial charge in [0.15, 0.2) is 5.76 Å². The zero-order valence-electron chi connectivity index (χ0n) is 12.6. The number of hydrogen-bond acceptors (Lipinski definition) is 3. The lowest BCUT2D eigenvalue weighted by molar-refractivity contribution is 0.0506. The highest BCUT2D eigenvalue weighted by Crippen LogP contribution is 2.23. The van der Waals surface area contributed by atoms with Crippen molar-refractivity contribution in [2.24, 2.45) is 5.92 Å². The van der Waals surface area contributed by atoms with Crippen LogP contribution in [0.15, 0.2) is 16.7 Å². The van der Waals surface area contributed by atoms with Crippen LogP contribution in [0.2, 0.25) is 0 Å². The van der Waals surface area contributed by atoms with E-state index in [1.807, 2.05) is 6.07 Å². The lowest BCUT2D eigenvalue weighted by atomic mass is 9.90. The van der Waals surface area contributed by atoms with Crippen molar-refractivity contribution in [3.63, 3.8) is 0 Å². The average molecular weight is 279 g/mol. The van der Waals surface area contributed by atoms with Crippen LogP contribution < -0.4 is 5.32 Å².